The molecule has 0 saturated heterocycles. The zero-order valence-electron chi connectivity index (χ0n) is 14.8. The summed E-state index contributed by atoms with van der Waals surface area (Å²) >= 11 is 0. The van der Waals surface area contributed by atoms with Gasteiger partial charge in [0.05, 0.1) is 6.42 Å². The lowest BCUT2D eigenvalue weighted by Crippen LogP contribution is -2.28. The van der Waals surface area contributed by atoms with Crippen LogP contribution in [-0.4, -0.2) is 38.8 Å². The van der Waals surface area contributed by atoms with E-state index >= 15 is 0 Å². The first-order valence-corrected chi connectivity index (χ1v) is 8.19. The zero-order chi connectivity index (χ0) is 17.9. The number of aromatic amines is 1. The van der Waals surface area contributed by atoms with Crippen LogP contribution in [0.1, 0.15) is 43.6 Å². The standard InChI is InChI=1S/C17H26N4O3/c1-11-13(12(2)21-14(19-11)9-16(24)20-21)8-15(23)18-7-5-6-17(3,4)10-22/h9,22H,5-8,10H2,1-4H3,(H,18,23)(H,20,24). The third-order valence-electron chi connectivity index (χ3n) is 4.32. The van der Waals surface area contributed by atoms with Crippen LogP contribution in [0.3, 0.4) is 0 Å². The Kier molecular flexibility index (Phi) is 5.43. The average molecular weight is 334 g/mol. The first-order valence-electron chi connectivity index (χ1n) is 8.19. The Hall–Kier alpha value is -2.15. The Labute approximate surface area is 141 Å². The Morgan fingerprint density at radius 2 is 2.12 bits per heavy atom. The van der Waals surface area contributed by atoms with Crippen LogP contribution in [0.5, 0.6) is 0 Å². The lowest BCUT2D eigenvalue weighted by Gasteiger charge is -2.21. The highest BCUT2D eigenvalue weighted by Crippen LogP contribution is 2.20. The fourth-order valence-corrected chi connectivity index (χ4v) is 2.71. The number of H-pyrrole nitrogens is 1. The smallest absolute Gasteiger partial charge is 0.266 e. The molecule has 7 nitrogen and oxygen atoms in total. The molecule has 24 heavy (non-hydrogen) atoms. The molecule has 1 amide bonds. The summed E-state index contributed by atoms with van der Waals surface area (Å²) in [7, 11) is 0. The maximum absolute atomic E-state index is 12.2. The van der Waals surface area contributed by atoms with Gasteiger partial charge in [-0.3, -0.25) is 14.7 Å². The average Bonchev–Trinajstić information content (AvgIpc) is 2.88. The minimum absolute atomic E-state index is 0.0707. The molecule has 0 aromatic carbocycles. The Morgan fingerprint density at radius 3 is 2.79 bits per heavy atom. The van der Waals surface area contributed by atoms with Crippen molar-refractivity contribution in [1.29, 1.82) is 0 Å². The highest BCUT2D eigenvalue weighted by atomic mass is 16.3. The number of rotatable bonds is 7. The van der Waals surface area contributed by atoms with Crippen LogP contribution in [0.25, 0.3) is 5.65 Å². The second-order valence-electron chi connectivity index (χ2n) is 7.03. The number of hydrogen-bond donors (Lipinski definition) is 3. The van der Waals surface area contributed by atoms with Crippen LogP contribution >= 0.6 is 0 Å². The lowest BCUT2D eigenvalue weighted by atomic mass is 9.89. The molecule has 0 spiro atoms. The van der Waals surface area contributed by atoms with E-state index in [9.17, 15) is 14.7 Å². The summed E-state index contributed by atoms with van der Waals surface area (Å²) < 4.78 is 1.61. The van der Waals surface area contributed by atoms with Crippen LogP contribution in [0.2, 0.25) is 0 Å². The Morgan fingerprint density at radius 1 is 1.42 bits per heavy atom. The van der Waals surface area contributed by atoms with E-state index in [0.717, 1.165) is 29.8 Å². The molecular weight excluding hydrogens is 308 g/mol. The summed E-state index contributed by atoms with van der Waals surface area (Å²) in [5.74, 6) is -0.0707. The molecule has 0 unspecified atom stereocenters. The van der Waals surface area contributed by atoms with Crippen molar-refractivity contribution in [3.63, 3.8) is 0 Å². The summed E-state index contributed by atoms with van der Waals surface area (Å²) in [6.45, 7) is 8.43. The molecule has 7 heteroatoms. The molecule has 132 valence electrons. The summed E-state index contributed by atoms with van der Waals surface area (Å²) in [6.07, 6.45) is 1.89. The van der Waals surface area contributed by atoms with Crippen molar-refractivity contribution in [3.05, 3.63) is 33.4 Å². The number of aryl methyl sites for hydroxylation is 2. The molecular formula is C17H26N4O3. The van der Waals surface area contributed by atoms with Gasteiger partial charge in [0.2, 0.25) is 5.91 Å². The summed E-state index contributed by atoms with van der Waals surface area (Å²) in [6, 6.07) is 1.44. The number of aliphatic hydroxyl groups is 1. The van der Waals surface area contributed by atoms with Gasteiger partial charge in [-0.2, -0.15) is 0 Å². The maximum atomic E-state index is 12.2. The number of carbonyl (C=O) groups excluding carboxylic acids is 1. The van der Waals surface area contributed by atoms with Gasteiger partial charge in [0, 0.05) is 36.2 Å². The third-order valence-corrected chi connectivity index (χ3v) is 4.32. The number of nitrogens with zero attached hydrogens (tertiary/aromatic N) is 2. The molecule has 0 fully saturated rings. The number of nitrogens with one attached hydrogen (secondary N) is 2. The minimum atomic E-state index is -0.210. The number of aromatic nitrogens is 3. The SMILES string of the molecule is Cc1nc2cc(=O)[nH]n2c(C)c1CC(=O)NCCCC(C)(C)CO. The second kappa shape index (κ2) is 7.17. The molecule has 2 aromatic heterocycles. The molecule has 2 aromatic rings. The van der Waals surface area contributed by atoms with Crippen molar-refractivity contribution >= 4 is 11.6 Å². The van der Waals surface area contributed by atoms with Gasteiger partial charge in [-0.15, -0.1) is 0 Å². The largest absolute Gasteiger partial charge is 0.396 e. The predicted octanol–water partition coefficient (Wildman–Crippen LogP) is 1.10. The summed E-state index contributed by atoms with van der Waals surface area (Å²) in [5.41, 5.74) is 2.62. The third kappa shape index (κ3) is 4.23. The maximum Gasteiger partial charge on any atom is 0.266 e. The topological polar surface area (TPSA) is 99.5 Å². The number of fused-ring (bicyclic) bond motifs is 1. The molecule has 0 aliphatic heterocycles. The minimum Gasteiger partial charge on any atom is -0.396 e. The van der Waals surface area contributed by atoms with E-state index in [2.05, 4.69) is 15.4 Å². The van der Waals surface area contributed by atoms with Crippen LogP contribution in [0, 0.1) is 19.3 Å². The zero-order valence-corrected chi connectivity index (χ0v) is 14.8. The lowest BCUT2D eigenvalue weighted by molar-refractivity contribution is -0.120. The van der Waals surface area contributed by atoms with Crippen molar-refractivity contribution in [1.82, 2.24) is 19.9 Å². The van der Waals surface area contributed by atoms with Gasteiger partial charge in [-0.1, -0.05) is 13.8 Å². The number of amides is 1. The molecule has 3 N–H and O–H groups in total. The van der Waals surface area contributed by atoms with Gasteiger partial charge < -0.3 is 10.4 Å². The first kappa shape index (κ1) is 18.2. The van der Waals surface area contributed by atoms with Crippen molar-refractivity contribution in [3.8, 4) is 0 Å². The van der Waals surface area contributed by atoms with E-state index in [-0.39, 0.29) is 29.9 Å². The van der Waals surface area contributed by atoms with Gasteiger partial charge >= 0.3 is 0 Å². The molecule has 0 radical (unpaired) electrons. The van der Waals surface area contributed by atoms with Gasteiger partial charge in [0.25, 0.3) is 5.56 Å². The van der Waals surface area contributed by atoms with Crippen molar-refractivity contribution in [2.75, 3.05) is 13.2 Å². The summed E-state index contributed by atoms with van der Waals surface area (Å²) in [4.78, 5) is 28.0. The van der Waals surface area contributed by atoms with E-state index in [4.69, 9.17) is 0 Å². The van der Waals surface area contributed by atoms with Gasteiger partial charge in [0.15, 0.2) is 5.65 Å². The van der Waals surface area contributed by atoms with Gasteiger partial charge in [-0.05, 0) is 32.1 Å². The van der Waals surface area contributed by atoms with E-state index in [1.807, 2.05) is 27.7 Å². The van der Waals surface area contributed by atoms with E-state index in [1.165, 1.54) is 6.07 Å². The second-order valence-corrected chi connectivity index (χ2v) is 7.03. The molecule has 0 saturated carbocycles. The normalized spacial score (nSPS) is 11.9. The van der Waals surface area contributed by atoms with Crippen molar-refractivity contribution < 1.29 is 9.90 Å². The molecule has 0 atom stereocenters. The van der Waals surface area contributed by atoms with Gasteiger partial charge in [-0.25, -0.2) is 9.50 Å². The molecule has 0 aliphatic carbocycles. The van der Waals surface area contributed by atoms with Gasteiger partial charge in [0.1, 0.15) is 0 Å². The monoisotopic (exact) mass is 334 g/mol. The van der Waals surface area contributed by atoms with Crippen LogP contribution in [-0.2, 0) is 11.2 Å². The summed E-state index contributed by atoms with van der Waals surface area (Å²) in [5, 5.41) is 14.8. The highest BCUT2D eigenvalue weighted by molar-refractivity contribution is 5.79. The predicted molar refractivity (Wildman–Crippen MR) is 92.1 cm³/mol. The molecule has 0 bridgehead atoms. The molecule has 2 heterocycles. The molecule has 0 aliphatic rings. The van der Waals surface area contributed by atoms with Crippen molar-refractivity contribution in [2.45, 2.75) is 47.0 Å². The quantitative estimate of drug-likeness (QED) is 0.660. The first-order chi connectivity index (χ1) is 11.2. The highest BCUT2D eigenvalue weighted by Gasteiger charge is 2.16. The number of hydrogen-bond acceptors (Lipinski definition) is 4. The fraction of sp³-hybridized carbons (Fsp3) is 0.588. The van der Waals surface area contributed by atoms with Crippen LogP contribution < -0.4 is 10.9 Å². The molecule has 2 rings (SSSR count). The van der Waals surface area contributed by atoms with Crippen molar-refractivity contribution in [2.24, 2.45) is 5.41 Å². The van der Waals surface area contributed by atoms with E-state index in [0.29, 0.717) is 12.2 Å². The van der Waals surface area contributed by atoms with Crippen LogP contribution in [0.4, 0.5) is 0 Å². The Bertz CT molecular complexity index is 789. The number of aliphatic hydroxyl groups excluding tert-OH is 1. The number of carbonyl (C=O) groups is 1. The fourth-order valence-electron chi connectivity index (χ4n) is 2.71. The van der Waals surface area contributed by atoms with E-state index < -0.39 is 0 Å². The Balaban J connectivity index is 1.99. The van der Waals surface area contributed by atoms with E-state index in [1.54, 1.807) is 4.52 Å². The van der Waals surface area contributed by atoms with Crippen LogP contribution in [0.15, 0.2) is 10.9 Å².